The number of fused-ring (bicyclic) bond motifs is 1. The molecule has 22 heavy (non-hydrogen) atoms. The normalized spacial score (nSPS) is 13.8. The molecule has 1 unspecified atom stereocenters. The summed E-state index contributed by atoms with van der Waals surface area (Å²) in [6, 6.07) is 5.10. The number of amides is 1. The Hall–Kier alpha value is -2.24. The molecule has 0 spiro atoms. The topological polar surface area (TPSA) is 73.9 Å². The molecule has 0 saturated carbocycles. The highest BCUT2D eigenvalue weighted by Crippen LogP contribution is 2.34. The van der Waals surface area contributed by atoms with Crippen LogP contribution in [0.1, 0.15) is 33.6 Å². The van der Waals surface area contributed by atoms with Crippen molar-refractivity contribution in [2.75, 3.05) is 12.1 Å². The molecule has 0 aromatic heterocycles. The third kappa shape index (κ3) is 4.38. The Bertz CT molecular complexity index is 555. The smallest absolute Gasteiger partial charge is 0.306 e. The minimum Gasteiger partial charge on any atom is -0.454 e. The molecule has 6 nitrogen and oxygen atoms in total. The molecule has 1 aliphatic heterocycles. The van der Waals surface area contributed by atoms with Gasteiger partial charge >= 0.3 is 5.97 Å². The van der Waals surface area contributed by atoms with Crippen LogP contribution in [0.15, 0.2) is 18.2 Å². The van der Waals surface area contributed by atoms with E-state index in [4.69, 9.17) is 14.2 Å². The van der Waals surface area contributed by atoms with Crippen molar-refractivity contribution in [1.82, 2.24) is 0 Å². The third-order valence-electron chi connectivity index (χ3n) is 3.24. The summed E-state index contributed by atoms with van der Waals surface area (Å²) in [6.07, 6.45) is 0.222. The number of hydrogen-bond acceptors (Lipinski definition) is 5. The average molecular weight is 307 g/mol. The highest BCUT2D eigenvalue weighted by atomic mass is 16.7. The largest absolute Gasteiger partial charge is 0.454 e. The first-order chi connectivity index (χ1) is 10.5. The van der Waals surface area contributed by atoms with Gasteiger partial charge in [-0.2, -0.15) is 0 Å². The molecule has 1 aliphatic rings. The van der Waals surface area contributed by atoms with Crippen LogP contribution < -0.4 is 14.8 Å². The van der Waals surface area contributed by atoms with Crippen LogP contribution in [0.4, 0.5) is 5.69 Å². The zero-order valence-corrected chi connectivity index (χ0v) is 13.0. The van der Waals surface area contributed by atoms with Gasteiger partial charge in [-0.1, -0.05) is 13.8 Å². The Labute approximate surface area is 129 Å². The Kier molecular flexibility index (Phi) is 5.25. The molecular weight excluding hydrogens is 286 g/mol. The molecule has 1 aromatic rings. The van der Waals surface area contributed by atoms with E-state index in [1.54, 1.807) is 25.1 Å². The summed E-state index contributed by atoms with van der Waals surface area (Å²) in [4.78, 5) is 23.7. The fourth-order valence-electron chi connectivity index (χ4n) is 1.93. The third-order valence-corrected chi connectivity index (χ3v) is 3.24. The maximum absolute atomic E-state index is 12.0. The Morgan fingerprint density at radius 1 is 1.23 bits per heavy atom. The van der Waals surface area contributed by atoms with Crippen molar-refractivity contribution in [3.63, 3.8) is 0 Å². The minimum absolute atomic E-state index is 0.177. The zero-order chi connectivity index (χ0) is 16.1. The predicted molar refractivity (Wildman–Crippen MR) is 80.8 cm³/mol. The van der Waals surface area contributed by atoms with Crippen LogP contribution >= 0.6 is 0 Å². The van der Waals surface area contributed by atoms with Crippen molar-refractivity contribution in [1.29, 1.82) is 0 Å². The van der Waals surface area contributed by atoms with Crippen LogP contribution in [0.5, 0.6) is 11.5 Å². The molecule has 0 radical (unpaired) electrons. The summed E-state index contributed by atoms with van der Waals surface area (Å²) in [5.41, 5.74) is 0.569. The summed E-state index contributed by atoms with van der Waals surface area (Å²) in [5.74, 6) is 0.912. The molecule has 0 saturated heterocycles. The lowest BCUT2D eigenvalue weighted by atomic mass is 10.1. The molecule has 6 heteroatoms. The van der Waals surface area contributed by atoms with Crippen molar-refractivity contribution < 1.29 is 23.8 Å². The molecule has 1 aromatic carbocycles. The van der Waals surface area contributed by atoms with Crippen LogP contribution in [0, 0.1) is 5.92 Å². The van der Waals surface area contributed by atoms with Crippen LogP contribution in [0.2, 0.25) is 0 Å². The van der Waals surface area contributed by atoms with Gasteiger partial charge in [0.2, 0.25) is 6.79 Å². The standard InChI is InChI=1S/C16H21NO5/c1-10(2)4-7-15(18)22-11(3)16(19)17-12-5-6-13-14(8-12)21-9-20-13/h5-6,8,10-11H,4,7,9H2,1-3H3,(H,17,19). The Balaban J connectivity index is 1.84. The highest BCUT2D eigenvalue weighted by Gasteiger charge is 2.19. The number of nitrogens with one attached hydrogen (secondary N) is 1. The number of ether oxygens (including phenoxy) is 3. The number of carbonyl (C=O) groups is 2. The molecule has 1 atom stereocenters. The quantitative estimate of drug-likeness (QED) is 0.818. The number of rotatable bonds is 6. The fraction of sp³-hybridized carbons (Fsp3) is 0.500. The number of benzene rings is 1. The van der Waals surface area contributed by atoms with Crippen LogP contribution in [0.3, 0.4) is 0 Å². The summed E-state index contributed by atoms with van der Waals surface area (Å²) < 4.78 is 15.6. The van der Waals surface area contributed by atoms with Gasteiger partial charge in [-0.05, 0) is 31.4 Å². The first-order valence-corrected chi connectivity index (χ1v) is 7.35. The lowest BCUT2D eigenvalue weighted by Crippen LogP contribution is -2.30. The van der Waals surface area contributed by atoms with Crippen LogP contribution in [-0.4, -0.2) is 24.8 Å². The molecule has 0 aliphatic carbocycles. The second-order valence-electron chi connectivity index (χ2n) is 5.62. The maximum Gasteiger partial charge on any atom is 0.306 e. The summed E-state index contributed by atoms with van der Waals surface area (Å²) >= 11 is 0. The van der Waals surface area contributed by atoms with Crippen molar-refractivity contribution in [3.8, 4) is 11.5 Å². The van der Waals surface area contributed by atoms with Gasteiger partial charge in [0.25, 0.3) is 5.91 Å². The minimum atomic E-state index is -0.843. The Morgan fingerprint density at radius 3 is 2.68 bits per heavy atom. The van der Waals surface area contributed by atoms with E-state index in [-0.39, 0.29) is 18.7 Å². The van der Waals surface area contributed by atoms with Gasteiger partial charge in [-0.15, -0.1) is 0 Å². The van der Waals surface area contributed by atoms with Gasteiger partial charge in [-0.3, -0.25) is 9.59 Å². The summed E-state index contributed by atoms with van der Waals surface area (Å²) in [7, 11) is 0. The predicted octanol–water partition coefficient (Wildman–Crippen LogP) is 2.72. The summed E-state index contributed by atoms with van der Waals surface area (Å²) in [5, 5.41) is 2.69. The van der Waals surface area contributed by atoms with Gasteiger partial charge in [-0.25, -0.2) is 0 Å². The Morgan fingerprint density at radius 2 is 1.95 bits per heavy atom. The number of anilines is 1. The molecule has 120 valence electrons. The molecular formula is C16H21NO5. The summed E-state index contributed by atoms with van der Waals surface area (Å²) in [6.45, 7) is 5.79. The molecule has 0 bridgehead atoms. The molecule has 1 amide bonds. The van der Waals surface area contributed by atoms with Crippen LogP contribution in [-0.2, 0) is 14.3 Å². The van der Waals surface area contributed by atoms with Gasteiger partial charge in [0.05, 0.1) is 0 Å². The van der Waals surface area contributed by atoms with E-state index in [1.165, 1.54) is 0 Å². The van der Waals surface area contributed by atoms with E-state index >= 15 is 0 Å². The number of esters is 1. The van der Waals surface area contributed by atoms with Crippen molar-refractivity contribution in [2.45, 2.75) is 39.7 Å². The van der Waals surface area contributed by atoms with E-state index in [2.05, 4.69) is 5.32 Å². The van der Waals surface area contributed by atoms with E-state index < -0.39 is 6.10 Å². The second kappa shape index (κ2) is 7.15. The monoisotopic (exact) mass is 307 g/mol. The van der Waals surface area contributed by atoms with E-state index in [0.717, 1.165) is 6.42 Å². The van der Waals surface area contributed by atoms with Crippen molar-refractivity contribution >= 4 is 17.6 Å². The molecule has 0 fully saturated rings. The molecule has 1 heterocycles. The van der Waals surface area contributed by atoms with Crippen LogP contribution in [0.25, 0.3) is 0 Å². The van der Waals surface area contributed by atoms with Crippen molar-refractivity contribution in [2.24, 2.45) is 5.92 Å². The van der Waals surface area contributed by atoms with E-state index in [0.29, 0.717) is 29.5 Å². The number of hydrogen-bond donors (Lipinski definition) is 1. The first kappa shape index (κ1) is 16.1. The highest BCUT2D eigenvalue weighted by molar-refractivity contribution is 5.95. The maximum atomic E-state index is 12.0. The van der Waals surface area contributed by atoms with Gasteiger partial charge in [0, 0.05) is 18.2 Å². The van der Waals surface area contributed by atoms with Gasteiger partial charge in [0.1, 0.15) is 0 Å². The van der Waals surface area contributed by atoms with Gasteiger partial charge in [0.15, 0.2) is 17.6 Å². The van der Waals surface area contributed by atoms with E-state index in [1.807, 2.05) is 13.8 Å². The molecule has 2 rings (SSSR count). The van der Waals surface area contributed by atoms with Gasteiger partial charge < -0.3 is 19.5 Å². The first-order valence-electron chi connectivity index (χ1n) is 7.35. The van der Waals surface area contributed by atoms with Crippen molar-refractivity contribution in [3.05, 3.63) is 18.2 Å². The lowest BCUT2D eigenvalue weighted by molar-refractivity contribution is -0.153. The van der Waals surface area contributed by atoms with E-state index in [9.17, 15) is 9.59 Å². The number of carbonyl (C=O) groups excluding carboxylic acids is 2. The fourth-order valence-corrected chi connectivity index (χ4v) is 1.93. The zero-order valence-electron chi connectivity index (χ0n) is 13.0. The second-order valence-corrected chi connectivity index (χ2v) is 5.62. The average Bonchev–Trinajstić information content (AvgIpc) is 2.92. The molecule has 1 N–H and O–H groups in total. The lowest BCUT2D eigenvalue weighted by Gasteiger charge is -2.14. The SMILES string of the molecule is CC(C)CCC(=O)OC(C)C(=O)Nc1ccc2c(c1)OCO2.